The highest BCUT2D eigenvalue weighted by Crippen LogP contribution is 2.11. The zero-order valence-electron chi connectivity index (χ0n) is 11.1. The molecule has 0 N–H and O–H groups in total. The number of nitrogens with zero attached hydrogens (tertiary/aromatic N) is 2. The van der Waals surface area contributed by atoms with Gasteiger partial charge in [0.2, 0.25) is 0 Å². The van der Waals surface area contributed by atoms with Crippen molar-refractivity contribution in [2.24, 2.45) is 12.0 Å². The van der Waals surface area contributed by atoms with E-state index in [2.05, 4.69) is 4.99 Å². The molecule has 1 aromatic heterocycles. The molecular formula is C15H15ClN2O. The summed E-state index contributed by atoms with van der Waals surface area (Å²) in [7, 11) is 1.89. The Bertz CT molecular complexity index is 702. The van der Waals surface area contributed by atoms with Gasteiger partial charge in [-0.2, -0.15) is 4.99 Å². The third kappa shape index (κ3) is 3.12. The van der Waals surface area contributed by atoms with Crippen LogP contribution >= 0.6 is 11.6 Å². The van der Waals surface area contributed by atoms with Crippen molar-refractivity contribution < 1.29 is 4.79 Å². The molecule has 98 valence electrons. The Hall–Kier alpha value is -1.87. The number of halogens is 1. The fraction of sp³-hybridized carbons (Fsp3) is 0.200. The summed E-state index contributed by atoms with van der Waals surface area (Å²) in [6, 6.07) is 10.7. The van der Waals surface area contributed by atoms with E-state index < -0.39 is 0 Å². The quantitative estimate of drug-likeness (QED) is 0.787. The highest BCUT2D eigenvalue weighted by Gasteiger charge is 2.05. The van der Waals surface area contributed by atoms with Gasteiger partial charge in [0.15, 0.2) is 0 Å². The lowest BCUT2D eigenvalue weighted by Gasteiger charge is -2.06. The SMILES string of the molecule is Cc1cc(C)n(C)c(=NC(=O)c2cccc(Cl)c2)c1. The third-order valence-electron chi connectivity index (χ3n) is 2.95. The lowest BCUT2D eigenvalue weighted by atomic mass is 10.2. The van der Waals surface area contributed by atoms with E-state index in [1.807, 2.05) is 37.6 Å². The van der Waals surface area contributed by atoms with Crippen LogP contribution in [-0.2, 0) is 7.05 Å². The molecule has 0 saturated heterocycles. The molecule has 0 radical (unpaired) electrons. The molecule has 0 bridgehead atoms. The molecule has 1 heterocycles. The number of aromatic nitrogens is 1. The van der Waals surface area contributed by atoms with Gasteiger partial charge >= 0.3 is 0 Å². The Kier molecular flexibility index (Phi) is 3.86. The van der Waals surface area contributed by atoms with Gasteiger partial charge in [-0.1, -0.05) is 17.7 Å². The summed E-state index contributed by atoms with van der Waals surface area (Å²) in [5.74, 6) is -0.289. The van der Waals surface area contributed by atoms with Crippen LogP contribution < -0.4 is 5.49 Å². The van der Waals surface area contributed by atoms with E-state index in [4.69, 9.17) is 11.6 Å². The topological polar surface area (TPSA) is 34.4 Å². The van der Waals surface area contributed by atoms with E-state index in [1.54, 1.807) is 24.3 Å². The first-order valence-corrected chi connectivity index (χ1v) is 6.34. The van der Waals surface area contributed by atoms with Gasteiger partial charge in [0.05, 0.1) is 0 Å². The first kappa shape index (κ1) is 13.6. The molecule has 0 aliphatic rings. The zero-order valence-corrected chi connectivity index (χ0v) is 11.9. The molecule has 0 aliphatic carbocycles. The van der Waals surface area contributed by atoms with Crippen molar-refractivity contribution in [3.63, 3.8) is 0 Å². The molecule has 2 aromatic rings. The summed E-state index contributed by atoms with van der Waals surface area (Å²) in [4.78, 5) is 16.3. The maximum atomic E-state index is 12.1. The van der Waals surface area contributed by atoms with Crippen molar-refractivity contribution >= 4 is 17.5 Å². The molecule has 2 rings (SSSR count). The predicted molar refractivity (Wildman–Crippen MR) is 76.2 cm³/mol. The highest BCUT2D eigenvalue weighted by atomic mass is 35.5. The van der Waals surface area contributed by atoms with Gasteiger partial charge in [0, 0.05) is 23.3 Å². The van der Waals surface area contributed by atoms with E-state index >= 15 is 0 Å². The fourth-order valence-electron chi connectivity index (χ4n) is 1.85. The Labute approximate surface area is 117 Å². The second-order valence-corrected chi connectivity index (χ2v) is 4.96. The number of carbonyl (C=O) groups excluding carboxylic acids is 1. The van der Waals surface area contributed by atoms with Crippen molar-refractivity contribution in [2.75, 3.05) is 0 Å². The Morgan fingerprint density at radius 1 is 1.21 bits per heavy atom. The molecule has 1 amide bonds. The molecular weight excluding hydrogens is 260 g/mol. The van der Waals surface area contributed by atoms with Crippen molar-refractivity contribution in [3.8, 4) is 0 Å². The number of pyridine rings is 1. The molecule has 0 saturated carbocycles. The smallest absolute Gasteiger partial charge is 0.279 e. The average molecular weight is 275 g/mol. The Morgan fingerprint density at radius 3 is 2.63 bits per heavy atom. The molecule has 0 aliphatic heterocycles. The number of carbonyl (C=O) groups is 1. The van der Waals surface area contributed by atoms with E-state index in [1.165, 1.54) is 0 Å². The first-order chi connectivity index (χ1) is 8.97. The highest BCUT2D eigenvalue weighted by molar-refractivity contribution is 6.30. The first-order valence-electron chi connectivity index (χ1n) is 5.96. The van der Waals surface area contributed by atoms with Crippen molar-refractivity contribution in [2.45, 2.75) is 13.8 Å². The summed E-state index contributed by atoms with van der Waals surface area (Å²) < 4.78 is 1.88. The van der Waals surface area contributed by atoms with Crippen molar-refractivity contribution in [1.29, 1.82) is 0 Å². The minimum atomic E-state index is -0.289. The van der Waals surface area contributed by atoms with E-state index in [-0.39, 0.29) is 5.91 Å². The second-order valence-electron chi connectivity index (χ2n) is 4.52. The van der Waals surface area contributed by atoms with Crippen LogP contribution in [0.4, 0.5) is 0 Å². The average Bonchev–Trinajstić information content (AvgIpc) is 2.35. The number of aryl methyl sites for hydroxylation is 2. The molecule has 19 heavy (non-hydrogen) atoms. The van der Waals surface area contributed by atoms with E-state index in [9.17, 15) is 4.79 Å². The number of benzene rings is 1. The van der Waals surface area contributed by atoms with Crippen LogP contribution in [0, 0.1) is 13.8 Å². The predicted octanol–water partition coefficient (Wildman–Crippen LogP) is 3.04. The summed E-state index contributed by atoms with van der Waals surface area (Å²) in [5, 5.41) is 0.533. The lowest BCUT2D eigenvalue weighted by Crippen LogP contribution is -2.21. The fourth-order valence-corrected chi connectivity index (χ4v) is 2.04. The van der Waals surface area contributed by atoms with Gasteiger partial charge in [0.25, 0.3) is 5.91 Å². The van der Waals surface area contributed by atoms with E-state index in [0.29, 0.717) is 16.1 Å². The van der Waals surface area contributed by atoms with Gasteiger partial charge in [-0.15, -0.1) is 0 Å². The van der Waals surface area contributed by atoms with Gasteiger partial charge in [-0.3, -0.25) is 4.79 Å². The largest absolute Gasteiger partial charge is 0.333 e. The second kappa shape index (κ2) is 5.41. The van der Waals surface area contributed by atoms with Crippen molar-refractivity contribution in [1.82, 2.24) is 4.57 Å². The van der Waals surface area contributed by atoms with E-state index in [0.717, 1.165) is 11.3 Å². The maximum absolute atomic E-state index is 12.1. The third-order valence-corrected chi connectivity index (χ3v) is 3.19. The van der Waals surface area contributed by atoms with Crippen LogP contribution in [-0.4, -0.2) is 10.5 Å². The van der Waals surface area contributed by atoms with Crippen LogP contribution in [0.3, 0.4) is 0 Å². The van der Waals surface area contributed by atoms with Gasteiger partial charge < -0.3 is 4.57 Å². The summed E-state index contributed by atoms with van der Waals surface area (Å²) in [6.07, 6.45) is 0. The van der Waals surface area contributed by atoms with Crippen LogP contribution in [0.2, 0.25) is 5.02 Å². The molecule has 4 heteroatoms. The summed E-state index contributed by atoms with van der Waals surface area (Å²) >= 11 is 5.87. The minimum Gasteiger partial charge on any atom is -0.333 e. The summed E-state index contributed by atoms with van der Waals surface area (Å²) in [5.41, 5.74) is 3.26. The van der Waals surface area contributed by atoms with Crippen molar-refractivity contribution in [3.05, 3.63) is 63.7 Å². The Balaban J connectivity index is 2.50. The summed E-state index contributed by atoms with van der Waals surface area (Å²) in [6.45, 7) is 3.96. The van der Waals surface area contributed by atoms with Gasteiger partial charge in [-0.25, -0.2) is 0 Å². The van der Waals surface area contributed by atoms with Crippen LogP contribution in [0.1, 0.15) is 21.6 Å². The number of rotatable bonds is 1. The molecule has 0 unspecified atom stereocenters. The maximum Gasteiger partial charge on any atom is 0.279 e. The molecule has 0 spiro atoms. The normalized spacial score (nSPS) is 11.7. The van der Waals surface area contributed by atoms with Gasteiger partial charge in [-0.05, 0) is 49.7 Å². The number of hydrogen-bond acceptors (Lipinski definition) is 1. The molecule has 0 atom stereocenters. The minimum absolute atomic E-state index is 0.289. The standard InChI is InChI=1S/C15H15ClN2O/c1-10-7-11(2)18(3)14(8-10)17-15(19)12-5-4-6-13(16)9-12/h4-9H,1-3H3. The Morgan fingerprint density at radius 2 is 1.95 bits per heavy atom. The van der Waals surface area contributed by atoms with Crippen LogP contribution in [0.5, 0.6) is 0 Å². The number of hydrogen-bond donors (Lipinski definition) is 0. The molecule has 0 fully saturated rings. The lowest BCUT2D eigenvalue weighted by molar-refractivity contribution is 0.0997. The van der Waals surface area contributed by atoms with Crippen LogP contribution in [0.15, 0.2) is 41.4 Å². The van der Waals surface area contributed by atoms with Crippen LogP contribution in [0.25, 0.3) is 0 Å². The number of amides is 1. The molecule has 1 aromatic carbocycles. The molecule has 3 nitrogen and oxygen atoms in total. The monoisotopic (exact) mass is 274 g/mol. The zero-order chi connectivity index (χ0) is 14.0. The van der Waals surface area contributed by atoms with Gasteiger partial charge in [0.1, 0.15) is 5.49 Å².